The monoisotopic (exact) mass is 328 g/mol. The number of likely N-dealkylation sites (tertiary alicyclic amines) is 1. The lowest BCUT2D eigenvalue weighted by molar-refractivity contribution is -0.915. The predicted molar refractivity (Wildman–Crippen MR) is 85.8 cm³/mol. The number of nitrogens with one attached hydrogen (secondary N) is 2. The Hall–Kier alpha value is -1.08. The quantitative estimate of drug-likeness (QED) is 0.747. The summed E-state index contributed by atoms with van der Waals surface area (Å²) in [5.74, 6) is 0.0789. The van der Waals surface area contributed by atoms with E-state index in [1.807, 2.05) is 6.92 Å². The summed E-state index contributed by atoms with van der Waals surface area (Å²) in [4.78, 5) is 37.8. The minimum Gasteiger partial charge on any atom is -0.349 e. The standard InChI is InChI=1S/C15H25N3O3S/c1-12(17-8-5-3-2-4-6-9-17)14(20)16-7-10-18-13(19)11-22-15(18)21/h12H,2-11H2,1H3,(H,16,20)/p+1/t12-/m1/s1. The van der Waals surface area contributed by atoms with Gasteiger partial charge in [-0.2, -0.15) is 0 Å². The van der Waals surface area contributed by atoms with Crippen molar-refractivity contribution in [3.8, 4) is 0 Å². The van der Waals surface area contributed by atoms with Gasteiger partial charge in [-0.05, 0) is 32.6 Å². The lowest BCUT2D eigenvalue weighted by Crippen LogP contribution is -3.16. The van der Waals surface area contributed by atoms with E-state index >= 15 is 0 Å². The molecule has 0 bridgehead atoms. The Morgan fingerprint density at radius 2 is 1.86 bits per heavy atom. The van der Waals surface area contributed by atoms with Crippen LogP contribution in [0.4, 0.5) is 4.79 Å². The summed E-state index contributed by atoms with van der Waals surface area (Å²) in [5, 5.41) is 2.66. The lowest BCUT2D eigenvalue weighted by Gasteiger charge is -2.27. The van der Waals surface area contributed by atoms with Crippen LogP contribution in [0.15, 0.2) is 0 Å². The number of thioether (sulfide) groups is 1. The minimum absolute atomic E-state index is 0.0160. The van der Waals surface area contributed by atoms with Gasteiger partial charge in [-0.15, -0.1) is 0 Å². The molecule has 22 heavy (non-hydrogen) atoms. The van der Waals surface area contributed by atoms with E-state index < -0.39 is 0 Å². The zero-order chi connectivity index (χ0) is 15.9. The van der Waals surface area contributed by atoms with E-state index in [1.54, 1.807) is 0 Å². The molecule has 0 aromatic heterocycles. The number of hydrogen-bond acceptors (Lipinski definition) is 4. The smallest absolute Gasteiger partial charge is 0.288 e. The van der Waals surface area contributed by atoms with Gasteiger partial charge >= 0.3 is 0 Å². The molecule has 2 fully saturated rings. The van der Waals surface area contributed by atoms with Crippen LogP contribution in [0.3, 0.4) is 0 Å². The molecule has 3 amide bonds. The van der Waals surface area contributed by atoms with E-state index in [1.165, 1.54) is 41.9 Å². The van der Waals surface area contributed by atoms with Crippen LogP contribution in [0.25, 0.3) is 0 Å². The van der Waals surface area contributed by atoms with Crippen LogP contribution >= 0.6 is 11.8 Å². The Morgan fingerprint density at radius 3 is 2.45 bits per heavy atom. The molecule has 0 aromatic carbocycles. The molecule has 6 nitrogen and oxygen atoms in total. The largest absolute Gasteiger partial charge is 0.349 e. The van der Waals surface area contributed by atoms with E-state index in [2.05, 4.69) is 5.32 Å². The fraction of sp³-hybridized carbons (Fsp3) is 0.800. The average molecular weight is 328 g/mol. The molecule has 2 aliphatic rings. The third-order valence-electron chi connectivity index (χ3n) is 4.48. The van der Waals surface area contributed by atoms with Crippen molar-refractivity contribution >= 4 is 28.8 Å². The summed E-state index contributed by atoms with van der Waals surface area (Å²) in [7, 11) is 0. The van der Waals surface area contributed by atoms with Gasteiger partial charge in [0.2, 0.25) is 5.91 Å². The fourth-order valence-electron chi connectivity index (χ4n) is 3.02. The van der Waals surface area contributed by atoms with E-state index in [0.717, 1.165) is 24.9 Å². The van der Waals surface area contributed by atoms with Crippen molar-refractivity contribution in [1.82, 2.24) is 10.2 Å². The van der Waals surface area contributed by atoms with E-state index in [9.17, 15) is 14.4 Å². The molecule has 124 valence electrons. The maximum Gasteiger partial charge on any atom is 0.288 e. The first-order chi connectivity index (χ1) is 10.6. The van der Waals surface area contributed by atoms with Gasteiger partial charge in [0.25, 0.3) is 11.1 Å². The summed E-state index contributed by atoms with van der Waals surface area (Å²) in [6, 6.07) is -0.0718. The van der Waals surface area contributed by atoms with E-state index in [0.29, 0.717) is 6.54 Å². The first kappa shape index (κ1) is 17.3. The number of imide groups is 1. The maximum absolute atomic E-state index is 12.3. The molecule has 0 radical (unpaired) electrons. The number of carbonyl (C=O) groups is 3. The zero-order valence-corrected chi connectivity index (χ0v) is 14.0. The van der Waals surface area contributed by atoms with Gasteiger partial charge in [-0.25, -0.2) is 0 Å². The topological polar surface area (TPSA) is 70.9 Å². The van der Waals surface area contributed by atoms with Gasteiger partial charge in [0.1, 0.15) is 0 Å². The Kier molecular flexibility index (Phi) is 6.70. The van der Waals surface area contributed by atoms with Crippen LogP contribution in [0.5, 0.6) is 0 Å². The third kappa shape index (κ3) is 4.71. The van der Waals surface area contributed by atoms with Crippen molar-refractivity contribution in [3.63, 3.8) is 0 Å². The van der Waals surface area contributed by atoms with Gasteiger partial charge in [0, 0.05) is 13.1 Å². The van der Waals surface area contributed by atoms with Crippen LogP contribution in [0, 0.1) is 0 Å². The van der Waals surface area contributed by atoms with E-state index in [-0.39, 0.29) is 35.4 Å². The zero-order valence-electron chi connectivity index (χ0n) is 13.2. The predicted octanol–water partition coefficient (Wildman–Crippen LogP) is 0.0355. The molecule has 0 spiro atoms. The van der Waals surface area contributed by atoms with Crippen molar-refractivity contribution in [2.24, 2.45) is 0 Å². The van der Waals surface area contributed by atoms with Crippen molar-refractivity contribution in [1.29, 1.82) is 0 Å². The van der Waals surface area contributed by atoms with Crippen molar-refractivity contribution < 1.29 is 19.3 Å². The van der Waals surface area contributed by atoms with Gasteiger partial charge < -0.3 is 10.2 Å². The molecule has 0 aromatic rings. The Balaban J connectivity index is 1.73. The number of amides is 3. The van der Waals surface area contributed by atoms with Crippen LogP contribution in [-0.4, -0.2) is 59.9 Å². The molecule has 2 aliphatic heterocycles. The van der Waals surface area contributed by atoms with E-state index in [4.69, 9.17) is 0 Å². The first-order valence-electron chi connectivity index (χ1n) is 8.19. The Labute approximate surface area is 136 Å². The molecule has 7 heteroatoms. The number of rotatable bonds is 5. The maximum atomic E-state index is 12.3. The molecule has 2 N–H and O–H groups in total. The number of quaternary nitrogens is 1. The fourth-order valence-corrected chi connectivity index (χ4v) is 3.77. The summed E-state index contributed by atoms with van der Waals surface area (Å²) < 4.78 is 0. The van der Waals surface area contributed by atoms with Crippen LogP contribution in [0.1, 0.15) is 39.0 Å². The molecule has 2 heterocycles. The molecule has 0 unspecified atom stereocenters. The van der Waals surface area contributed by atoms with Crippen LogP contribution < -0.4 is 10.2 Å². The highest BCUT2D eigenvalue weighted by atomic mass is 32.2. The number of hydrogen-bond donors (Lipinski definition) is 2. The van der Waals surface area contributed by atoms with Crippen molar-refractivity contribution in [2.45, 2.75) is 45.1 Å². The molecule has 0 aliphatic carbocycles. The second kappa shape index (κ2) is 8.53. The van der Waals surface area contributed by atoms with Gasteiger partial charge in [0.15, 0.2) is 6.04 Å². The summed E-state index contributed by atoms with van der Waals surface area (Å²) >= 11 is 1.03. The normalized spacial score (nSPS) is 22.3. The van der Waals surface area contributed by atoms with Gasteiger partial charge in [0.05, 0.1) is 18.8 Å². The average Bonchev–Trinajstić information content (AvgIpc) is 2.78. The van der Waals surface area contributed by atoms with Crippen LogP contribution in [0.2, 0.25) is 0 Å². The second-order valence-corrected chi connectivity index (χ2v) is 6.97. The lowest BCUT2D eigenvalue weighted by atomic mass is 10.1. The number of carbonyl (C=O) groups excluding carboxylic acids is 3. The summed E-state index contributed by atoms with van der Waals surface area (Å²) in [6.07, 6.45) is 6.19. The molecule has 1 atom stereocenters. The highest BCUT2D eigenvalue weighted by molar-refractivity contribution is 8.14. The minimum atomic E-state index is -0.207. The molecular weight excluding hydrogens is 302 g/mol. The van der Waals surface area contributed by atoms with Gasteiger partial charge in [-0.1, -0.05) is 18.2 Å². The van der Waals surface area contributed by atoms with Crippen molar-refractivity contribution in [2.75, 3.05) is 31.9 Å². The van der Waals surface area contributed by atoms with Gasteiger partial charge in [-0.3, -0.25) is 19.3 Å². The SMILES string of the molecule is C[C@H](C(=O)NCCN1C(=O)CSC1=O)[NH+]1CCCCCCC1. The van der Waals surface area contributed by atoms with Crippen LogP contribution in [-0.2, 0) is 9.59 Å². The molecule has 2 saturated heterocycles. The molecular formula is C15H26N3O3S+. The highest BCUT2D eigenvalue weighted by Crippen LogP contribution is 2.17. The number of nitrogens with zero attached hydrogens (tertiary/aromatic N) is 1. The third-order valence-corrected chi connectivity index (χ3v) is 5.34. The molecule has 2 rings (SSSR count). The first-order valence-corrected chi connectivity index (χ1v) is 9.17. The summed E-state index contributed by atoms with van der Waals surface area (Å²) in [5.41, 5.74) is 0. The summed E-state index contributed by atoms with van der Waals surface area (Å²) in [6.45, 7) is 4.68. The molecule has 0 saturated carbocycles. The Bertz CT molecular complexity index is 406. The Morgan fingerprint density at radius 1 is 1.23 bits per heavy atom. The van der Waals surface area contributed by atoms with Crippen molar-refractivity contribution in [3.05, 3.63) is 0 Å². The second-order valence-electron chi connectivity index (χ2n) is 6.04. The highest BCUT2D eigenvalue weighted by Gasteiger charge is 2.30.